The van der Waals surface area contributed by atoms with Crippen LogP contribution in [0.25, 0.3) is 0 Å². The molecule has 1 aromatic rings. The fraction of sp³-hybridized carbons (Fsp3) is 0.333. The van der Waals surface area contributed by atoms with E-state index >= 15 is 0 Å². The predicted molar refractivity (Wildman–Crippen MR) is 50.6 cm³/mol. The monoisotopic (exact) mass is 233 g/mol. The van der Waals surface area contributed by atoms with Gasteiger partial charge in [0.05, 0.1) is 12.0 Å². The average molecular weight is 233 g/mol. The number of hydrogen-bond acceptors (Lipinski definition) is 4. The van der Waals surface area contributed by atoms with Gasteiger partial charge in [0.1, 0.15) is 11.9 Å². The van der Waals surface area contributed by atoms with Gasteiger partial charge in [-0.05, 0) is 6.07 Å². The quantitative estimate of drug-likeness (QED) is 0.636. The number of benzene rings is 1. The molecule has 0 heterocycles. The van der Waals surface area contributed by atoms with Crippen LogP contribution in [0.5, 0.6) is 5.75 Å². The standard InChI is InChI=1S/C9H9F2NO4/c1-16-7-3-2-5(12(14)15)4-6(7)8(13)9(10)11/h2-4,8-9,13H,1H3. The molecular formula is C9H9F2NO4. The van der Waals surface area contributed by atoms with Gasteiger partial charge in [0, 0.05) is 17.7 Å². The lowest BCUT2D eigenvalue weighted by molar-refractivity contribution is -0.385. The first-order valence-electron chi connectivity index (χ1n) is 4.26. The highest BCUT2D eigenvalue weighted by molar-refractivity contribution is 5.45. The summed E-state index contributed by atoms with van der Waals surface area (Å²) in [5, 5.41) is 19.6. The molecule has 0 saturated carbocycles. The van der Waals surface area contributed by atoms with Gasteiger partial charge < -0.3 is 9.84 Å². The zero-order valence-corrected chi connectivity index (χ0v) is 8.26. The second-order valence-electron chi connectivity index (χ2n) is 2.96. The Morgan fingerprint density at radius 2 is 2.12 bits per heavy atom. The van der Waals surface area contributed by atoms with Crippen LogP contribution in [0.3, 0.4) is 0 Å². The number of ether oxygens (including phenoxy) is 1. The molecule has 88 valence electrons. The molecule has 16 heavy (non-hydrogen) atoms. The molecule has 1 unspecified atom stereocenters. The van der Waals surface area contributed by atoms with Crippen molar-refractivity contribution in [2.24, 2.45) is 0 Å². The van der Waals surface area contributed by atoms with Crippen LogP contribution in [0, 0.1) is 10.1 Å². The Balaban J connectivity index is 3.21. The third-order valence-electron chi connectivity index (χ3n) is 1.98. The van der Waals surface area contributed by atoms with E-state index < -0.39 is 17.5 Å². The summed E-state index contributed by atoms with van der Waals surface area (Å²) < 4.78 is 29.3. The SMILES string of the molecule is COc1ccc([N+](=O)[O-])cc1C(O)C(F)F. The van der Waals surface area contributed by atoms with Crippen molar-refractivity contribution in [3.8, 4) is 5.75 Å². The van der Waals surface area contributed by atoms with E-state index in [1.54, 1.807) is 0 Å². The second-order valence-corrected chi connectivity index (χ2v) is 2.96. The number of nitrogens with zero attached hydrogens (tertiary/aromatic N) is 1. The topological polar surface area (TPSA) is 72.6 Å². The summed E-state index contributed by atoms with van der Waals surface area (Å²) in [6.07, 6.45) is -5.13. The smallest absolute Gasteiger partial charge is 0.270 e. The highest BCUT2D eigenvalue weighted by Crippen LogP contribution is 2.32. The fourth-order valence-electron chi connectivity index (χ4n) is 1.20. The maximum absolute atomic E-state index is 12.3. The van der Waals surface area contributed by atoms with Crippen molar-refractivity contribution in [3.63, 3.8) is 0 Å². The van der Waals surface area contributed by atoms with Crippen LogP contribution >= 0.6 is 0 Å². The zero-order valence-electron chi connectivity index (χ0n) is 8.26. The highest BCUT2D eigenvalue weighted by Gasteiger charge is 2.25. The molecule has 0 aliphatic heterocycles. The van der Waals surface area contributed by atoms with Gasteiger partial charge in [0.15, 0.2) is 0 Å². The van der Waals surface area contributed by atoms with Crippen molar-refractivity contribution in [1.29, 1.82) is 0 Å². The number of non-ortho nitro benzene ring substituents is 1. The number of aliphatic hydroxyl groups is 1. The van der Waals surface area contributed by atoms with Gasteiger partial charge in [-0.1, -0.05) is 0 Å². The largest absolute Gasteiger partial charge is 0.496 e. The van der Waals surface area contributed by atoms with Gasteiger partial charge in [0.25, 0.3) is 12.1 Å². The molecule has 0 amide bonds. The molecule has 0 aromatic heterocycles. The molecule has 0 bridgehead atoms. The minimum absolute atomic E-state index is 0.0154. The second kappa shape index (κ2) is 4.84. The van der Waals surface area contributed by atoms with Crippen LogP contribution < -0.4 is 4.74 Å². The Morgan fingerprint density at radius 1 is 1.50 bits per heavy atom. The number of aliphatic hydroxyl groups excluding tert-OH is 1. The molecule has 7 heteroatoms. The van der Waals surface area contributed by atoms with E-state index in [9.17, 15) is 18.9 Å². The van der Waals surface area contributed by atoms with E-state index in [0.717, 1.165) is 12.1 Å². The Bertz CT molecular complexity index is 397. The van der Waals surface area contributed by atoms with E-state index in [1.165, 1.54) is 13.2 Å². The lowest BCUT2D eigenvalue weighted by Gasteiger charge is -2.13. The van der Waals surface area contributed by atoms with Crippen molar-refractivity contribution in [2.75, 3.05) is 7.11 Å². The summed E-state index contributed by atoms with van der Waals surface area (Å²) in [6.45, 7) is 0. The van der Waals surface area contributed by atoms with E-state index in [-0.39, 0.29) is 17.0 Å². The third-order valence-corrected chi connectivity index (χ3v) is 1.98. The first-order chi connectivity index (χ1) is 7.47. The third kappa shape index (κ3) is 2.43. The Hall–Kier alpha value is -1.76. The minimum Gasteiger partial charge on any atom is -0.496 e. The summed E-state index contributed by atoms with van der Waals surface area (Å²) in [7, 11) is 1.23. The highest BCUT2D eigenvalue weighted by atomic mass is 19.3. The molecule has 0 fully saturated rings. The van der Waals surface area contributed by atoms with Crippen LogP contribution in [0.2, 0.25) is 0 Å². The lowest BCUT2D eigenvalue weighted by atomic mass is 10.1. The average Bonchev–Trinajstić information content (AvgIpc) is 2.26. The van der Waals surface area contributed by atoms with Crippen molar-refractivity contribution in [1.82, 2.24) is 0 Å². The molecule has 0 saturated heterocycles. The molecule has 1 atom stereocenters. The van der Waals surface area contributed by atoms with E-state index in [2.05, 4.69) is 0 Å². The molecule has 0 radical (unpaired) electrons. The van der Waals surface area contributed by atoms with Gasteiger partial charge in [-0.3, -0.25) is 10.1 Å². The van der Waals surface area contributed by atoms with E-state index in [1.807, 2.05) is 0 Å². The summed E-state index contributed by atoms with van der Waals surface area (Å²) >= 11 is 0. The zero-order chi connectivity index (χ0) is 12.3. The summed E-state index contributed by atoms with van der Waals surface area (Å²) in [4.78, 5) is 9.71. The maximum atomic E-state index is 12.3. The van der Waals surface area contributed by atoms with Crippen LogP contribution in [-0.2, 0) is 0 Å². The lowest BCUT2D eigenvalue weighted by Crippen LogP contribution is -2.10. The number of halogens is 2. The van der Waals surface area contributed by atoms with Gasteiger partial charge in [-0.15, -0.1) is 0 Å². The fourth-order valence-corrected chi connectivity index (χ4v) is 1.20. The van der Waals surface area contributed by atoms with Gasteiger partial charge in [-0.2, -0.15) is 0 Å². The summed E-state index contributed by atoms with van der Waals surface area (Å²) in [5.41, 5.74) is -0.679. The number of hydrogen-bond donors (Lipinski definition) is 1. The van der Waals surface area contributed by atoms with Crippen molar-refractivity contribution < 1.29 is 23.5 Å². The molecule has 0 aliphatic carbocycles. The molecule has 0 aliphatic rings. The number of methoxy groups -OCH3 is 1. The number of rotatable bonds is 4. The first-order valence-corrected chi connectivity index (χ1v) is 4.26. The number of nitro benzene ring substituents is 1. The molecular weight excluding hydrogens is 224 g/mol. The van der Waals surface area contributed by atoms with E-state index in [4.69, 9.17) is 9.84 Å². The maximum Gasteiger partial charge on any atom is 0.270 e. The van der Waals surface area contributed by atoms with Crippen molar-refractivity contribution in [3.05, 3.63) is 33.9 Å². The molecule has 1 aromatic carbocycles. The number of alkyl halides is 2. The van der Waals surface area contributed by atoms with Crippen LogP contribution in [0.4, 0.5) is 14.5 Å². The Morgan fingerprint density at radius 3 is 2.56 bits per heavy atom. The van der Waals surface area contributed by atoms with E-state index in [0.29, 0.717) is 0 Å². The molecule has 0 spiro atoms. The molecule has 1 rings (SSSR count). The number of nitro groups is 1. The summed E-state index contributed by atoms with van der Waals surface area (Å²) in [6, 6.07) is 3.15. The summed E-state index contributed by atoms with van der Waals surface area (Å²) in [5.74, 6) is -0.0154. The van der Waals surface area contributed by atoms with Gasteiger partial charge in [-0.25, -0.2) is 8.78 Å². The molecule has 5 nitrogen and oxygen atoms in total. The predicted octanol–water partition coefficient (Wildman–Crippen LogP) is 1.90. The normalized spacial score (nSPS) is 12.6. The van der Waals surface area contributed by atoms with Gasteiger partial charge >= 0.3 is 0 Å². The van der Waals surface area contributed by atoms with Crippen molar-refractivity contribution in [2.45, 2.75) is 12.5 Å². The van der Waals surface area contributed by atoms with Crippen LogP contribution in [0.1, 0.15) is 11.7 Å². The molecule has 1 N–H and O–H groups in total. The Kier molecular flexibility index (Phi) is 3.73. The van der Waals surface area contributed by atoms with Crippen LogP contribution in [0.15, 0.2) is 18.2 Å². The van der Waals surface area contributed by atoms with Gasteiger partial charge in [0.2, 0.25) is 0 Å². The first kappa shape index (κ1) is 12.3. The Labute approximate surface area is 89.4 Å². The minimum atomic E-state index is -3.03. The van der Waals surface area contributed by atoms with Crippen LogP contribution in [-0.4, -0.2) is 23.6 Å². The van der Waals surface area contributed by atoms with Crippen molar-refractivity contribution >= 4 is 5.69 Å².